The lowest BCUT2D eigenvalue weighted by atomic mass is 9.86. The topological polar surface area (TPSA) is 54.2 Å². The van der Waals surface area contributed by atoms with Gasteiger partial charge in [-0.15, -0.1) is 0 Å². The minimum Gasteiger partial charge on any atom is -0.369 e. The number of imidazole rings is 1. The predicted molar refractivity (Wildman–Crippen MR) is 82.2 cm³/mol. The minimum absolute atomic E-state index is 0.508. The van der Waals surface area contributed by atoms with E-state index in [1.807, 2.05) is 23.0 Å². The molecule has 0 saturated heterocycles. The zero-order valence-electron chi connectivity index (χ0n) is 12.3. The Hall–Kier alpha value is -1.78. The highest BCUT2D eigenvalue weighted by molar-refractivity contribution is 5.65. The molecule has 1 fully saturated rings. The van der Waals surface area contributed by atoms with E-state index in [0.29, 0.717) is 12.0 Å². The van der Waals surface area contributed by atoms with E-state index < -0.39 is 0 Å². The van der Waals surface area contributed by atoms with Crippen molar-refractivity contribution in [2.24, 2.45) is 5.92 Å². The van der Waals surface area contributed by atoms with Crippen LogP contribution in [-0.4, -0.2) is 27.0 Å². The Labute approximate surface area is 119 Å². The molecule has 2 heterocycles. The highest BCUT2D eigenvalue weighted by atomic mass is 15.2. The van der Waals surface area contributed by atoms with E-state index in [2.05, 4.69) is 34.4 Å². The maximum atomic E-state index is 4.69. The number of hydrogen-bond donors (Lipinski definition) is 2. The summed E-state index contributed by atoms with van der Waals surface area (Å²) in [6.45, 7) is 5.27. The number of aromatic nitrogens is 3. The fraction of sp³-hybridized carbons (Fsp3) is 0.600. The van der Waals surface area contributed by atoms with E-state index >= 15 is 0 Å². The van der Waals surface area contributed by atoms with Gasteiger partial charge in [-0.05, 0) is 25.7 Å². The third-order valence-electron chi connectivity index (χ3n) is 4.17. The molecule has 108 valence electrons. The first-order valence-corrected chi connectivity index (χ1v) is 7.62. The Balaban J connectivity index is 1.90. The van der Waals surface area contributed by atoms with Gasteiger partial charge < -0.3 is 15.0 Å². The normalized spacial score (nSPS) is 22.9. The molecule has 1 aliphatic carbocycles. The number of hydrogen-bond acceptors (Lipinski definition) is 4. The Kier molecular flexibility index (Phi) is 3.76. The molecular formula is C15H23N5. The van der Waals surface area contributed by atoms with Gasteiger partial charge in [0.15, 0.2) is 11.5 Å². The molecule has 2 aromatic rings. The first-order valence-electron chi connectivity index (χ1n) is 7.62. The SMILES string of the molecule is CCNc1cn2ccnc2c(NC2CCCCC2C)n1. The van der Waals surface area contributed by atoms with Crippen LogP contribution in [0.4, 0.5) is 11.6 Å². The lowest BCUT2D eigenvalue weighted by Crippen LogP contribution is -2.31. The van der Waals surface area contributed by atoms with Crippen molar-refractivity contribution in [2.45, 2.75) is 45.6 Å². The molecule has 5 nitrogen and oxygen atoms in total. The molecule has 20 heavy (non-hydrogen) atoms. The largest absolute Gasteiger partial charge is 0.369 e. The third-order valence-corrected chi connectivity index (χ3v) is 4.17. The quantitative estimate of drug-likeness (QED) is 0.898. The molecule has 2 N–H and O–H groups in total. The van der Waals surface area contributed by atoms with Crippen LogP contribution in [0.3, 0.4) is 0 Å². The lowest BCUT2D eigenvalue weighted by Gasteiger charge is -2.30. The highest BCUT2D eigenvalue weighted by Gasteiger charge is 2.22. The van der Waals surface area contributed by atoms with Gasteiger partial charge in [-0.2, -0.15) is 0 Å². The standard InChI is InChI=1S/C15H23N5/c1-3-16-13-10-20-9-8-17-15(20)14(19-13)18-12-7-5-4-6-11(12)2/h8-12,16H,3-7H2,1-2H3,(H,18,19). The van der Waals surface area contributed by atoms with Crippen LogP contribution in [0.5, 0.6) is 0 Å². The van der Waals surface area contributed by atoms with Crippen molar-refractivity contribution in [3.8, 4) is 0 Å². The summed E-state index contributed by atoms with van der Waals surface area (Å²) in [6, 6.07) is 0.508. The number of nitrogens with zero attached hydrogens (tertiary/aromatic N) is 3. The zero-order chi connectivity index (χ0) is 13.9. The Morgan fingerprint density at radius 2 is 2.20 bits per heavy atom. The fourth-order valence-electron chi connectivity index (χ4n) is 3.00. The van der Waals surface area contributed by atoms with Crippen molar-refractivity contribution in [3.63, 3.8) is 0 Å². The van der Waals surface area contributed by atoms with E-state index in [0.717, 1.165) is 23.8 Å². The summed E-state index contributed by atoms with van der Waals surface area (Å²) in [4.78, 5) is 9.11. The van der Waals surface area contributed by atoms with E-state index in [1.54, 1.807) is 0 Å². The summed E-state index contributed by atoms with van der Waals surface area (Å²) in [5, 5.41) is 6.90. The van der Waals surface area contributed by atoms with E-state index in [9.17, 15) is 0 Å². The van der Waals surface area contributed by atoms with Crippen LogP contribution in [0.25, 0.3) is 5.65 Å². The van der Waals surface area contributed by atoms with Crippen molar-refractivity contribution in [3.05, 3.63) is 18.6 Å². The maximum absolute atomic E-state index is 4.69. The molecule has 2 unspecified atom stereocenters. The number of nitrogens with one attached hydrogen (secondary N) is 2. The monoisotopic (exact) mass is 273 g/mol. The first-order chi connectivity index (χ1) is 9.78. The van der Waals surface area contributed by atoms with Crippen molar-refractivity contribution in [2.75, 3.05) is 17.2 Å². The van der Waals surface area contributed by atoms with E-state index in [4.69, 9.17) is 0 Å². The average molecular weight is 273 g/mol. The van der Waals surface area contributed by atoms with Gasteiger partial charge in [0.05, 0.1) is 6.20 Å². The van der Waals surface area contributed by atoms with Gasteiger partial charge in [0.1, 0.15) is 5.82 Å². The molecule has 0 amide bonds. The van der Waals surface area contributed by atoms with Gasteiger partial charge in [-0.25, -0.2) is 9.97 Å². The van der Waals surface area contributed by atoms with Gasteiger partial charge in [0.2, 0.25) is 0 Å². The van der Waals surface area contributed by atoms with Crippen LogP contribution in [0.15, 0.2) is 18.6 Å². The smallest absolute Gasteiger partial charge is 0.180 e. The van der Waals surface area contributed by atoms with Crippen molar-refractivity contribution < 1.29 is 0 Å². The van der Waals surface area contributed by atoms with Gasteiger partial charge in [-0.3, -0.25) is 0 Å². The Morgan fingerprint density at radius 1 is 1.35 bits per heavy atom. The Bertz CT molecular complexity index is 577. The molecule has 5 heteroatoms. The number of fused-ring (bicyclic) bond motifs is 1. The molecule has 1 aliphatic rings. The first kappa shape index (κ1) is 13.2. The number of anilines is 2. The predicted octanol–water partition coefficient (Wildman–Crippen LogP) is 3.15. The second kappa shape index (κ2) is 5.69. The molecule has 0 spiro atoms. The molecule has 1 saturated carbocycles. The zero-order valence-corrected chi connectivity index (χ0v) is 12.3. The summed E-state index contributed by atoms with van der Waals surface area (Å²) in [7, 11) is 0. The molecule has 0 radical (unpaired) electrons. The maximum Gasteiger partial charge on any atom is 0.180 e. The molecule has 2 atom stereocenters. The molecule has 0 bridgehead atoms. The van der Waals surface area contributed by atoms with Crippen molar-refractivity contribution in [1.82, 2.24) is 14.4 Å². The molecular weight excluding hydrogens is 250 g/mol. The van der Waals surface area contributed by atoms with Crippen LogP contribution in [0.1, 0.15) is 39.5 Å². The average Bonchev–Trinajstić information content (AvgIpc) is 2.90. The van der Waals surface area contributed by atoms with E-state index in [-0.39, 0.29) is 0 Å². The fourth-order valence-corrected chi connectivity index (χ4v) is 3.00. The van der Waals surface area contributed by atoms with Gasteiger partial charge in [-0.1, -0.05) is 19.8 Å². The summed E-state index contributed by atoms with van der Waals surface area (Å²) >= 11 is 0. The lowest BCUT2D eigenvalue weighted by molar-refractivity contribution is 0.349. The van der Waals surface area contributed by atoms with Crippen LogP contribution in [0, 0.1) is 5.92 Å². The number of rotatable bonds is 4. The molecule has 0 aliphatic heterocycles. The van der Waals surface area contributed by atoms with Crippen LogP contribution >= 0.6 is 0 Å². The van der Waals surface area contributed by atoms with E-state index in [1.165, 1.54) is 25.7 Å². The molecule has 2 aromatic heterocycles. The van der Waals surface area contributed by atoms with Crippen LogP contribution < -0.4 is 10.6 Å². The Morgan fingerprint density at radius 3 is 3.00 bits per heavy atom. The summed E-state index contributed by atoms with van der Waals surface area (Å²) < 4.78 is 2.03. The van der Waals surface area contributed by atoms with Crippen LogP contribution in [-0.2, 0) is 0 Å². The van der Waals surface area contributed by atoms with Gasteiger partial charge >= 0.3 is 0 Å². The highest BCUT2D eigenvalue weighted by Crippen LogP contribution is 2.27. The van der Waals surface area contributed by atoms with Crippen molar-refractivity contribution in [1.29, 1.82) is 0 Å². The van der Waals surface area contributed by atoms with Crippen molar-refractivity contribution >= 4 is 17.3 Å². The van der Waals surface area contributed by atoms with Gasteiger partial charge in [0.25, 0.3) is 0 Å². The second-order valence-corrected chi connectivity index (χ2v) is 5.68. The van der Waals surface area contributed by atoms with Crippen LogP contribution in [0.2, 0.25) is 0 Å². The summed E-state index contributed by atoms with van der Waals surface area (Å²) in [6.07, 6.45) is 11.0. The molecule has 3 rings (SSSR count). The third kappa shape index (κ3) is 2.57. The summed E-state index contributed by atoms with van der Waals surface area (Å²) in [5.41, 5.74) is 0.907. The van der Waals surface area contributed by atoms with Gasteiger partial charge in [0, 0.05) is 25.0 Å². The minimum atomic E-state index is 0.508. The summed E-state index contributed by atoms with van der Waals surface area (Å²) in [5.74, 6) is 2.49. The second-order valence-electron chi connectivity index (χ2n) is 5.68. The molecule has 0 aromatic carbocycles.